The summed E-state index contributed by atoms with van der Waals surface area (Å²) in [5, 5.41) is 14.8. The van der Waals surface area contributed by atoms with Gasteiger partial charge in [-0.3, -0.25) is 14.9 Å². The third-order valence-electron chi connectivity index (χ3n) is 4.02. The SMILES string of the molecule is COc1ccc(/C=N\NC(=O)COc2c(C)ccc(C)c2C)cc1[N+](=O)[O-]. The third kappa shape index (κ3) is 5.04. The molecule has 8 nitrogen and oxygen atoms in total. The molecule has 0 aliphatic rings. The van der Waals surface area contributed by atoms with Gasteiger partial charge in [-0.1, -0.05) is 12.1 Å². The predicted octanol–water partition coefficient (Wildman–Crippen LogP) is 3.06. The van der Waals surface area contributed by atoms with Crippen LogP contribution < -0.4 is 14.9 Å². The van der Waals surface area contributed by atoms with Gasteiger partial charge in [0, 0.05) is 11.6 Å². The van der Waals surface area contributed by atoms with Crippen LogP contribution in [0.4, 0.5) is 5.69 Å². The molecule has 0 unspecified atom stereocenters. The molecule has 1 N–H and O–H groups in total. The summed E-state index contributed by atoms with van der Waals surface area (Å²) in [5.74, 6) is 0.396. The Balaban J connectivity index is 1.97. The van der Waals surface area contributed by atoms with Crippen LogP contribution in [0.2, 0.25) is 0 Å². The molecule has 0 aromatic heterocycles. The summed E-state index contributed by atoms with van der Waals surface area (Å²) in [5.41, 5.74) is 5.62. The van der Waals surface area contributed by atoms with E-state index in [9.17, 15) is 14.9 Å². The zero-order chi connectivity index (χ0) is 20.0. The fraction of sp³-hybridized carbons (Fsp3) is 0.263. The molecule has 0 atom stereocenters. The number of ether oxygens (including phenoxy) is 2. The molecule has 0 saturated heterocycles. The number of nitro benzene ring substituents is 1. The van der Waals surface area contributed by atoms with Gasteiger partial charge in [0.05, 0.1) is 18.2 Å². The highest BCUT2D eigenvalue weighted by molar-refractivity contribution is 5.84. The molecular weight excluding hydrogens is 350 g/mol. The Morgan fingerprint density at radius 3 is 2.59 bits per heavy atom. The number of amides is 1. The third-order valence-corrected chi connectivity index (χ3v) is 4.02. The summed E-state index contributed by atoms with van der Waals surface area (Å²) in [6.45, 7) is 5.63. The highest BCUT2D eigenvalue weighted by atomic mass is 16.6. The maximum atomic E-state index is 11.9. The van der Waals surface area contributed by atoms with Crippen LogP contribution in [0.1, 0.15) is 22.3 Å². The number of hydrogen-bond donors (Lipinski definition) is 1. The maximum Gasteiger partial charge on any atom is 0.311 e. The summed E-state index contributed by atoms with van der Waals surface area (Å²) in [7, 11) is 1.36. The van der Waals surface area contributed by atoms with E-state index in [1.807, 2.05) is 32.9 Å². The van der Waals surface area contributed by atoms with Crippen molar-refractivity contribution in [3.8, 4) is 11.5 Å². The number of nitrogens with one attached hydrogen (secondary N) is 1. The number of aryl methyl sites for hydroxylation is 2. The van der Waals surface area contributed by atoms with Crippen LogP contribution in [0, 0.1) is 30.9 Å². The van der Waals surface area contributed by atoms with E-state index in [4.69, 9.17) is 9.47 Å². The van der Waals surface area contributed by atoms with E-state index in [0.717, 1.165) is 16.7 Å². The van der Waals surface area contributed by atoms with Crippen LogP contribution in [0.15, 0.2) is 35.4 Å². The second kappa shape index (κ2) is 8.79. The van der Waals surface area contributed by atoms with Gasteiger partial charge in [0.25, 0.3) is 5.91 Å². The van der Waals surface area contributed by atoms with Crippen molar-refractivity contribution in [1.29, 1.82) is 0 Å². The second-order valence-corrected chi connectivity index (χ2v) is 5.92. The van der Waals surface area contributed by atoms with Crippen LogP contribution in [-0.4, -0.2) is 30.8 Å². The predicted molar refractivity (Wildman–Crippen MR) is 102 cm³/mol. The van der Waals surface area contributed by atoms with E-state index >= 15 is 0 Å². The first-order valence-corrected chi connectivity index (χ1v) is 8.17. The molecule has 0 radical (unpaired) electrons. The molecule has 0 spiro atoms. The first-order valence-electron chi connectivity index (χ1n) is 8.17. The zero-order valence-electron chi connectivity index (χ0n) is 15.6. The summed E-state index contributed by atoms with van der Waals surface area (Å²) < 4.78 is 10.5. The minimum Gasteiger partial charge on any atom is -0.490 e. The number of hydrazone groups is 1. The Labute approximate surface area is 157 Å². The van der Waals surface area contributed by atoms with E-state index in [1.54, 1.807) is 6.07 Å². The topological polar surface area (TPSA) is 103 Å². The molecule has 2 rings (SSSR count). The summed E-state index contributed by atoms with van der Waals surface area (Å²) in [4.78, 5) is 22.4. The lowest BCUT2D eigenvalue weighted by molar-refractivity contribution is -0.385. The Kier molecular flexibility index (Phi) is 6.48. The van der Waals surface area contributed by atoms with Crippen molar-refractivity contribution in [2.24, 2.45) is 5.10 Å². The standard InChI is InChI=1S/C19H21N3O5/c1-12-5-6-13(2)19(14(12)3)27-11-18(23)21-20-10-15-7-8-17(26-4)16(9-15)22(24)25/h5-10H,11H2,1-4H3,(H,21,23)/b20-10-. The van der Waals surface area contributed by atoms with Crippen molar-refractivity contribution in [2.75, 3.05) is 13.7 Å². The summed E-state index contributed by atoms with van der Waals surface area (Å²) in [6.07, 6.45) is 1.31. The van der Waals surface area contributed by atoms with Gasteiger partial charge in [-0.05, 0) is 49.6 Å². The normalized spacial score (nSPS) is 10.7. The zero-order valence-corrected chi connectivity index (χ0v) is 15.6. The number of nitro groups is 1. The van der Waals surface area contributed by atoms with Crippen LogP contribution in [-0.2, 0) is 4.79 Å². The number of hydrogen-bond acceptors (Lipinski definition) is 6. The van der Waals surface area contributed by atoms with Gasteiger partial charge in [-0.25, -0.2) is 5.43 Å². The number of benzene rings is 2. The van der Waals surface area contributed by atoms with Crippen molar-refractivity contribution in [3.63, 3.8) is 0 Å². The fourth-order valence-corrected chi connectivity index (χ4v) is 2.43. The molecule has 142 valence electrons. The van der Waals surface area contributed by atoms with Crippen molar-refractivity contribution >= 4 is 17.8 Å². The van der Waals surface area contributed by atoms with Gasteiger partial charge in [0.1, 0.15) is 5.75 Å². The van der Waals surface area contributed by atoms with Crippen LogP contribution in [0.5, 0.6) is 11.5 Å². The molecule has 0 fully saturated rings. The fourth-order valence-electron chi connectivity index (χ4n) is 2.43. The van der Waals surface area contributed by atoms with Gasteiger partial charge in [0.15, 0.2) is 12.4 Å². The molecule has 0 aliphatic heterocycles. The Morgan fingerprint density at radius 1 is 1.22 bits per heavy atom. The Morgan fingerprint density at radius 2 is 1.93 bits per heavy atom. The summed E-state index contributed by atoms with van der Waals surface area (Å²) in [6, 6.07) is 8.30. The lowest BCUT2D eigenvalue weighted by atomic mass is 10.1. The number of carbonyl (C=O) groups is 1. The molecule has 2 aromatic rings. The average molecular weight is 371 g/mol. The van der Waals surface area contributed by atoms with Gasteiger partial charge >= 0.3 is 5.69 Å². The lowest BCUT2D eigenvalue weighted by Gasteiger charge is -2.13. The van der Waals surface area contributed by atoms with Gasteiger partial charge < -0.3 is 9.47 Å². The molecule has 0 bridgehead atoms. The van der Waals surface area contributed by atoms with Gasteiger partial charge in [-0.15, -0.1) is 0 Å². The Hall–Kier alpha value is -3.42. The van der Waals surface area contributed by atoms with Crippen molar-refractivity contribution in [3.05, 3.63) is 62.7 Å². The molecule has 0 saturated carbocycles. The number of methoxy groups -OCH3 is 1. The first-order chi connectivity index (χ1) is 12.8. The summed E-state index contributed by atoms with van der Waals surface area (Å²) >= 11 is 0. The second-order valence-electron chi connectivity index (χ2n) is 5.92. The smallest absolute Gasteiger partial charge is 0.311 e. The molecule has 1 amide bonds. The number of nitrogens with zero attached hydrogens (tertiary/aromatic N) is 2. The van der Waals surface area contributed by atoms with E-state index in [-0.39, 0.29) is 18.0 Å². The van der Waals surface area contributed by atoms with E-state index < -0.39 is 10.8 Å². The van der Waals surface area contributed by atoms with Gasteiger partial charge in [-0.2, -0.15) is 5.10 Å². The van der Waals surface area contributed by atoms with Crippen molar-refractivity contribution < 1.29 is 19.2 Å². The molecule has 0 heterocycles. The van der Waals surface area contributed by atoms with E-state index in [1.165, 1.54) is 25.5 Å². The highest BCUT2D eigenvalue weighted by Crippen LogP contribution is 2.27. The minimum absolute atomic E-state index is 0.151. The molecule has 27 heavy (non-hydrogen) atoms. The first kappa shape index (κ1) is 19.9. The minimum atomic E-state index is -0.547. The largest absolute Gasteiger partial charge is 0.490 e. The molecule has 2 aromatic carbocycles. The lowest BCUT2D eigenvalue weighted by Crippen LogP contribution is -2.25. The van der Waals surface area contributed by atoms with E-state index in [0.29, 0.717) is 11.3 Å². The van der Waals surface area contributed by atoms with Crippen LogP contribution >= 0.6 is 0 Å². The Bertz CT molecular complexity index is 893. The molecule has 0 aliphatic carbocycles. The van der Waals surface area contributed by atoms with Crippen LogP contribution in [0.25, 0.3) is 0 Å². The van der Waals surface area contributed by atoms with Crippen LogP contribution in [0.3, 0.4) is 0 Å². The monoisotopic (exact) mass is 371 g/mol. The van der Waals surface area contributed by atoms with Gasteiger partial charge in [0.2, 0.25) is 0 Å². The quantitative estimate of drug-likeness (QED) is 0.458. The molecular formula is C19H21N3O5. The van der Waals surface area contributed by atoms with Crippen molar-refractivity contribution in [1.82, 2.24) is 5.43 Å². The average Bonchev–Trinajstić information content (AvgIpc) is 2.64. The number of carbonyl (C=O) groups excluding carboxylic acids is 1. The molecule has 8 heteroatoms. The maximum absolute atomic E-state index is 11.9. The highest BCUT2D eigenvalue weighted by Gasteiger charge is 2.14. The van der Waals surface area contributed by atoms with Crippen molar-refractivity contribution in [2.45, 2.75) is 20.8 Å². The van der Waals surface area contributed by atoms with E-state index in [2.05, 4.69) is 10.5 Å². The number of rotatable bonds is 7.